The minimum atomic E-state index is -0.710. The number of likely N-dealkylation sites (N-methyl/N-ethyl adjacent to an activating group) is 1. The first-order valence-electron chi connectivity index (χ1n) is 9.50. The lowest BCUT2D eigenvalue weighted by Crippen LogP contribution is -2.40. The van der Waals surface area contributed by atoms with Crippen LogP contribution in [0.2, 0.25) is 0 Å². The Labute approximate surface area is 172 Å². The van der Waals surface area contributed by atoms with Gasteiger partial charge in [0.1, 0.15) is 22.5 Å². The van der Waals surface area contributed by atoms with Gasteiger partial charge in [-0.1, -0.05) is 42.1 Å². The van der Waals surface area contributed by atoms with Crippen LogP contribution in [0.25, 0.3) is 11.0 Å². The predicted molar refractivity (Wildman–Crippen MR) is 113 cm³/mol. The SMILES string of the molecule is CN1CCC(c2c(O)cc(O)c3c(=O)cc(SCc4ccccc4)oc23)C(O)C1. The van der Waals surface area contributed by atoms with Crippen LogP contribution in [0.3, 0.4) is 0 Å². The number of nitrogens with zero attached hydrogens (tertiary/aromatic N) is 1. The first-order valence-corrected chi connectivity index (χ1v) is 10.5. The number of piperidine rings is 1. The number of aromatic hydroxyl groups is 2. The average molecular weight is 413 g/mol. The van der Waals surface area contributed by atoms with Crippen molar-refractivity contribution in [1.82, 2.24) is 4.90 Å². The number of β-amino-alcohol motifs (C(OH)–C–C–N with tert-alkyl or cyclic N) is 1. The summed E-state index contributed by atoms with van der Waals surface area (Å²) in [6.07, 6.45) is -0.103. The number of benzene rings is 2. The molecule has 2 heterocycles. The van der Waals surface area contributed by atoms with E-state index in [0.29, 0.717) is 29.4 Å². The van der Waals surface area contributed by atoms with E-state index < -0.39 is 6.10 Å². The first kappa shape index (κ1) is 19.8. The van der Waals surface area contributed by atoms with Crippen LogP contribution < -0.4 is 5.43 Å². The van der Waals surface area contributed by atoms with Crippen molar-refractivity contribution >= 4 is 22.7 Å². The van der Waals surface area contributed by atoms with Crippen LogP contribution in [-0.4, -0.2) is 46.5 Å². The van der Waals surface area contributed by atoms with E-state index in [1.54, 1.807) is 0 Å². The molecule has 152 valence electrons. The summed E-state index contributed by atoms with van der Waals surface area (Å²) >= 11 is 1.37. The van der Waals surface area contributed by atoms with Crippen LogP contribution in [0.15, 0.2) is 56.8 Å². The summed E-state index contributed by atoms with van der Waals surface area (Å²) < 4.78 is 6.00. The van der Waals surface area contributed by atoms with Crippen LogP contribution in [0.5, 0.6) is 11.5 Å². The summed E-state index contributed by atoms with van der Waals surface area (Å²) in [6.45, 7) is 1.20. The lowest BCUT2D eigenvalue weighted by atomic mass is 9.85. The van der Waals surface area contributed by atoms with Gasteiger partial charge in [-0.15, -0.1) is 0 Å². The van der Waals surface area contributed by atoms with E-state index in [9.17, 15) is 20.1 Å². The zero-order chi connectivity index (χ0) is 20.5. The zero-order valence-electron chi connectivity index (χ0n) is 16.0. The zero-order valence-corrected chi connectivity index (χ0v) is 16.9. The van der Waals surface area contributed by atoms with E-state index in [-0.39, 0.29) is 33.8 Å². The topological polar surface area (TPSA) is 94.1 Å². The molecular weight excluding hydrogens is 390 g/mol. The molecule has 0 radical (unpaired) electrons. The van der Waals surface area contributed by atoms with E-state index in [0.717, 1.165) is 18.2 Å². The molecule has 1 fully saturated rings. The van der Waals surface area contributed by atoms with Gasteiger partial charge < -0.3 is 24.6 Å². The monoisotopic (exact) mass is 413 g/mol. The molecule has 2 aromatic carbocycles. The van der Waals surface area contributed by atoms with Crippen molar-refractivity contribution in [3.63, 3.8) is 0 Å². The van der Waals surface area contributed by atoms with Crippen molar-refractivity contribution in [3.05, 3.63) is 63.8 Å². The number of hydrogen-bond acceptors (Lipinski definition) is 7. The Morgan fingerprint density at radius 2 is 1.93 bits per heavy atom. The van der Waals surface area contributed by atoms with E-state index in [4.69, 9.17) is 4.42 Å². The van der Waals surface area contributed by atoms with Crippen molar-refractivity contribution in [3.8, 4) is 11.5 Å². The van der Waals surface area contributed by atoms with Gasteiger partial charge in [0, 0.05) is 35.9 Å². The molecule has 0 amide bonds. The quantitative estimate of drug-likeness (QED) is 0.565. The Hall–Kier alpha value is -2.48. The van der Waals surface area contributed by atoms with Crippen LogP contribution in [0, 0.1) is 0 Å². The third-order valence-electron chi connectivity index (χ3n) is 5.35. The number of fused-ring (bicyclic) bond motifs is 1. The molecule has 2 atom stereocenters. The second kappa shape index (κ2) is 8.10. The van der Waals surface area contributed by atoms with Crippen LogP contribution in [0.1, 0.15) is 23.5 Å². The number of rotatable bonds is 4. The highest BCUT2D eigenvalue weighted by Gasteiger charge is 2.32. The van der Waals surface area contributed by atoms with Crippen molar-refractivity contribution in [1.29, 1.82) is 0 Å². The maximum atomic E-state index is 12.7. The fourth-order valence-corrected chi connectivity index (χ4v) is 4.72. The molecule has 1 aliphatic rings. The number of hydrogen-bond donors (Lipinski definition) is 3. The van der Waals surface area contributed by atoms with E-state index >= 15 is 0 Å². The van der Waals surface area contributed by atoms with Gasteiger partial charge in [-0.05, 0) is 25.6 Å². The molecule has 1 aromatic heterocycles. The second-order valence-corrected chi connectivity index (χ2v) is 8.44. The lowest BCUT2D eigenvalue weighted by Gasteiger charge is -2.34. The van der Waals surface area contributed by atoms with Gasteiger partial charge in [0.25, 0.3) is 0 Å². The van der Waals surface area contributed by atoms with Crippen molar-refractivity contribution < 1.29 is 19.7 Å². The van der Waals surface area contributed by atoms with E-state index in [1.165, 1.54) is 17.8 Å². The minimum Gasteiger partial charge on any atom is -0.507 e. The molecule has 4 rings (SSSR count). The summed E-state index contributed by atoms with van der Waals surface area (Å²) in [5, 5.41) is 31.9. The van der Waals surface area contributed by atoms with Gasteiger partial charge in [0.05, 0.1) is 6.10 Å². The van der Waals surface area contributed by atoms with Gasteiger partial charge in [-0.25, -0.2) is 0 Å². The third kappa shape index (κ3) is 3.99. The highest BCUT2D eigenvalue weighted by Crippen LogP contribution is 2.42. The van der Waals surface area contributed by atoms with Gasteiger partial charge in [0.2, 0.25) is 0 Å². The first-order chi connectivity index (χ1) is 13.9. The minimum absolute atomic E-state index is 0.0352. The summed E-state index contributed by atoms with van der Waals surface area (Å²) in [4.78, 5) is 14.7. The van der Waals surface area contributed by atoms with Crippen LogP contribution in [0.4, 0.5) is 0 Å². The number of phenolic OH excluding ortho intramolecular Hbond substituents is 2. The Bertz CT molecular complexity index is 1080. The smallest absolute Gasteiger partial charge is 0.197 e. The normalized spacial score (nSPS) is 20.2. The molecule has 6 nitrogen and oxygen atoms in total. The summed E-state index contributed by atoms with van der Waals surface area (Å²) in [7, 11) is 1.92. The summed E-state index contributed by atoms with van der Waals surface area (Å²) in [6, 6.07) is 12.3. The largest absolute Gasteiger partial charge is 0.507 e. The molecular formula is C22H23NO5S. The van der Waals surface area contributed by atoms with Crippen molar-refractivity contribution in [2.45, 2.75) is 29.3 Å². The summed E-state index contributed by atoms with van der Waals surface area (Å²) in [5.41, 5.74) is 1.25. The van der Waals surface area contributed by atoms with Crippen LogP contribution >= 0.6 is 11.8 Å². The maximum Gasteiger partial charge on any atom is 0.197 e. The van der Waals surface area contributed by atoms with Crippen molar-refractivity contribution in [2.75, 3.05) is 20.1 Å². The highest BCUT2D eigenvalue weighted by atomic mass is 32.2. The molecule has 7 heteroatoms. The second-order valence-electron chi connectivity index (χ2n) is 7.46. The third-order valence-corrected chi connectivity index (χ3v) is 6.32. The number of likely N-dealkylation sites (tertiary alicyclic amines) is 1. The van der Waals surface area contributed by atoms with Crippen molar-refractivity contribution in [2.24, 2.45) is 0 Å². The van der Waals surface area contributed by atoms with Gasteiger partial charge in [0.15, 0.2) is 10.5 Å². The Morgan fingerprint density at radius 1 is 1.17 bits per heavy atom. The number of aliphatic hydroxyl groups excluding tert-OH is 1. The van der Waals surface area contributed by atoms with Gasteiger partial charge in [-0.2, -0.15) is 0 Å². The molecule has 2 unspecified atom stereocenters. The molecule has 0 aliphatic carbocycles. The van der Waals surface area contributed by atoms with Gasteiger partial charge in [-0.3, -0.25) is 4.79 Å². The summed E-state index contributed by atoms with van der Waals surface area (Å²) in [5.74, 6) is -0.257. The predicted octanol–water partition coefficient (Wildman–Crippen LogP) is 3.28. The van der Waals surface area contributed by atoms with E-state index in [2.05, 4.69) is 0 Å². The Morgan fingerprint density at radius 3 is 2.66 bits per heavy atom. The fraction of sp³-hybridized carbons (Fsp3) is 0.318. The molecule has 1 aliphatic heterocycles. The molecule has 1 saturated heterocycles. The Balaban J connectivity index is 1.78. The molecule has 0 spiro atoms. The number of phenols is 2. The number of thioether (sulfide) groups is 1. The molecule has 3 aromatic rings. The lowest BCUT2D eigenvalue weighted by molar-refractivity contribution is 0.0630. The standard InChI is InChI=1S/C22H23NO5S/c1-23-8-7-14(18(27)11-23)20-15(24)9-16(25)21-17(26)10-19(28-22(20)21)29-12-13-5-3-2-4-6-13/h2-6,9-10,14,18,24-25,27H,7-8,11-12H2,1H3. The maximum absolute atomic E-state index is 12.7. The fourth-order valence-electron chi connectivity index (χ4n) is 3.88. The molecule has 0 bridgehead atoms. The van der Waals surface area contributed by atoms with Gasteiger partial charge >= 0.3 is 0 Å². The molecule has 0 saturated carbocycles. The Kier molecular flexibility index (Phi) is 5.54. The molecule has 3 N–H and O–H groups in total. The average Bonchev–Trinajstić information content (AvgIpc) is 2.68. The highest BCUT2D eigenvalue weighted by molar-refractivity contribution is 7.98. The number of aliphatic hydroxyl groups is 1. The van der Waals surface area contributed by atoms with E-state index in [1.807, 2.05) is 42.3 Å². The van der Waals surface area contributed by atoms with Crippen LogP contribution in [-0.2, 0) is 5.75 Å². The molecule has 29 heavy (non-hydrogen) atoms.